The van der Waals surface area contributed by atoms with Gasteiger partial charge in [-0.1, -0.05) is 76.9 Å². The fourth-order valence-electron chi connectivity index (χ4n) is 4.05. The molecule has 3 rings (SSSR count). The topological polar surface area (TPSA) is 86.8 Å². The quantitative estimate of drug-likeness (QED) is 0.288. The van der Waals surface area contributed by atoms with Crippen LogP contribution in [0.1, 0.15) is 31.4 Å². The summed E-state index contributed by atoms with van der Waals surface area (Å²) in [5, 5.41) is 3.50. The number of nitrogens with one attached hydrogen (secondary N) is 1. The van der Waals surface area contributed by atoms with Crippen LogP contribution in [-0.4, -0.2) is 50.0 Å². The first-order chi connectivity index (χ1) is 18.5. The maximum Gasteiger partial charge on any atom is 0.244 e. The molecule has 0 aliphatic rings. The van der Waals surface area contributed by atoms with Crippen molar-refractivity contribution in [3.8, 4) is 0 Å². The Balaban J connectivity index is 2.05. The SMILES string of the molecule is CC[C@@H](C)NC(=O)[C@H](Cc1ccccc1)N(Cc1cccc(Cl)c1)C(=O)CN(c1ccc(Br)cc1)S(C)(=O)=O. The molecular weight excluding hydrogens is 602 g/mol. The van der Waals surface area contributed by atoms with E-state index < -0.39 is 28.5 Å². The minimum Gasteiger partial charge on any atom is -0.352 e. The highest BCUT2D eigenvalue weighted by molar-refractivity contribution is 9.10. The zero-order valence-corrected chi connectivity index (χ0v) is 25.3. The van der Waals surface area contributed by atoms with Crippen molar-refractivity contribution in [3.63, 3.8) is 0 Å². The minimum absolute atomic E-state index is 0.0722. The average molecular weight is 635 g/mol. The molecule has 0 spiro atoms. The van der Waals surface area contributed by atoms with Crippen LogP contribution in [0.5, 0.6) is 0 Å². The molecule has 0 saturated carbocycles. The van der Waals surface area contributed by atoms with Gasteiger partial charge in [-0.25, -0.2) is 8.42 Å². The molecular formula is C29H33BrClN3O4S. The van der Waals surface area contributed by atoms with E-state index in [0.717, 1.165) is 32.6 Å². The van der Waals surface area contributed by atoms with Crippen LogP contribution in [0.15, 0.2) is 83.3 Å². The van der Waals surface area contributed by atoms with Crippen molar-refractivity contribution in [1.29, 1.82) is 0 Å². The number of nitrogens with zero attached hydrogens (tertiary/aromatic N) is 2. The fourth-order valence-corrected chi connectivity index (χ4v) is 5.37. The second kappa shape index (κ2) is 14.0. The number of hydrogen-bond acceptors (Lipinski definition) is 4. The largest absolute Gasteiger partial charge is 0.352 e. The van der Waals surface area contributed by atoms with Gasteiger partial charge >= 0.3 is 0 Å². The third-order valence-electron chi connectivity index (χ3n) is 6.31. The molecule has 10 heteroatoms. The predicted octanol–water partition coefficient (Wildman–Crippen LogP) is 5.42. The van der Waals surface area contributed by atoms with Crippen LogP contribution in [0.2, 0.25) is 5.02 Å². The van der Waals surface area contributed by atoms with Crippen LogP contribution in [0.4, 0.5) is 5.69 Å². The Morgan fingerprint density at radius 3 is 2.21 bits per heavy atom. The second-order valence-electron chi connectivity index (χ2n) is 9.42. The van der Waals surface area contributed by atoms with E-state index in [9.17, 15) is 18.0 Å². The first-order valence-corrected chi connectivity index (χ1v) is 15.6. The molecule has 39 heavy (non-hydrogen) atoms. The molecule has 2 atom stereocenters. The number of carbonyl (C=O) groups excluding carboxylic acids is 2. The van der Waals surface area contributed by atoms with Crippen molar-refractivity contribution < 1.29 is 18.0 Å². The first-order valence-electron chi connectivity index (χ1n) is 12.6. The Hall–Kier alpha value is -2.88. The molecule has 0 aliphatic carbocycles. The fraction of sp³-hybridized carbons (Fsp3) is 0.310. The molecule has 3 aromatic carbocycles. The van der Waals surface area contributed by atoms with Crippen LogP contribution in [0, 0.1) is 0 Å². The normalized spacial score (nSPS) is 12.8. The zero-order valence-electron chi connectivity index (χ0n) is 22.2. The van der Waals surface area contributed by atoms with Gasteiger partial charge in [0, 0.05) is 28.5 Å². The van der Waals surface area contributed by atoms with Crippen molar-refractivity contribution in [1.82, 2.24) is 10.2 Å². The maximum atomic E-state index is 14.0. The molecule has 0 saturated heterocycles. The summed E-state index contributed by atoms with van der Waals surface area (Å²) in [5.74, 6) is -0.818. The highest BCUT2D eigenvalue weighted by Gasteiger charge is 2.33. The van der Waals surface area contributed by atoms with Crippen molar-refractivity contribution in [2.24, 2.45) is 0 Å². The van der Waals surface area contributed by atoms with Crippen molar-refractivity contribution in [2.45, 2.75) is 45.3 Å². The molecule has 3 aromatic rings. The lowest BCUT2D eigenvalue weighted by molar-refractivity contribution is -0.140. The molecule has 7 nitrogen and oxygen atoms in total. The number of anilines is 1. The molecule has 0 fully saturated rings. The Labute approximate surface area is 244 Å². The summed E-state index contributed by atoms with van der Waals surface area (Å²) >= 11 is 9.59. The molecule has 0 bridgehead atoms. The summed E-state index contributed by atoms with van der Waals surface area (Å²) in [6.07, 6.45) is 2.03. The second-order valence-corrected chi connectivity index (χ2v) is 12.7. The van der Waals surface area contributed by atoms with Gasteiger partial charge in [0.25, 0.3) is 0 Å². The lowest BCUT2D eigenvalue weighted by Gasteiger charge is -2.34. The Morgan fingerprint density at radius 1 is 0.974 bits per heavy atom. The summed E-state index contributed by atoms with van der Waals surface area (Å²) in [7, 11) is -3.82. The molecule has 0 unspecified atom stereocenters. The van der Waals surface area contributed by atoms with Crippen LogP contribution < -0.4 is 9.62 Å². The number of sulfonamides is 1. The smallest absolute Gasteiger partial charge is 0.244 e. The Kier molecular flexibility index (Phi) is 11.0. The highest BCUT2D eigenvalue weighted by Crippen LogP contribution is 2.23. The van der Waals surface area contributed by atoms with E-state index in [2.05, 4.69) is 21.2 Å². The molecule has 1 N–H and O–H groups in total. The average Bonchev–Trinajstić information content (AvgIpc) is 2.89. The summed E-state index contributed by atoms with van der Waals surface area (Å²) in [5.41, 5.74) is 1.94. The monoisotopic (exact) mass is 633 g/mol. The Morgan fingerprint density at radius 2 is 1.62 bits per heavy atom. The van der Waals surface area contributed by atoms with Crippen LogP contribution in [0.25, 0.3) is 0 Å². The number of halogens is 2. The summed E-state index contributed by atoms with van der Waals surface area (Å²) in [6, 6.07) is 22.2. The van der Waals surface area contributed by atoms with E-state index in [-0.39, 0.29) is 24.9 Å². The minimum atomic E-state index is -3.82. The standard InChI is InChI=1S/C29H33BrClN3O4S/c1-4-21(2)32-29(36)27(18-22-9-6-5-7-10-22)33(19-23-11-8-12-25(31)17-23)28(35)20-34(39(3,37)38)26-15-13-24(30)14-16-26/h5-17,21,27H,4,18-20H2,1-3H3,(H,32,36)/t21-,27+/m1/s1. The van der Waals surface area contributed by atoms with E-state index in [1.807, 2.05) is 50.2 Å². The van der Waals surface area contributed by atoms with Crippen LogP contribution >= 0.6 is 27.5 Å². The number of hydrogen-bond donors (Lipinski definition) is 1. The maximum absolute atomic E-state index is 14.0. The van der Waals surface area contributed by atoms with Gasteiger partial charge in [0.05, 0.1) is 11.9 Å². The molecule has 0 aliphatic heterocycles. The van der Waals surface area contributed by atoms with E-state index in [0.29, 0.717) is 10.7 Å². The van der Waals surface area contributed by atoms with Crippen LogP contribution in [-0.2, 0) is 32.6 Å². The summed E-state index contributed by atoms with van der Waals surface area (Å²) < 4.78 is 27.4. The number of carbonyl (C=O) groups is 2. The van der Waals surface area contributed by atoms with E-state index >= 15 is 0 Å². The lowest BCUT2D eigenvalue weighted by atomic mass is 10.0. The zero-order chi connectivity index (χ0) is 28.6. The van der Waals surface area contributed by atoms with Crippen molar-refractivity contribution in [3.05, 3.63) is 99.5 Å². The van der Waals surface area contributed by atoms with Crippen LogP contribution in [0.3, 0.4) is 0 Å². The predicted molar refractivity (Wildman–Crippen MR) is 160 cm³/mol. The third kappa shape index (κ3) is 9.08. The van der Waals surface area contributed by atoms with E-state index in [4.69, 9.17) is 11.6 Å². The highest BCUT2D eigenvalue weighted by atomic mass is 79.9. The molecule has 0 heterocycles. The number of benzene rings is 3. The first kappa shape index (κ1) is 30.7. The number of rotatable bonds is 12. The molecule has 208 valence electrons. The van der Waals surface area contributed by atoms with Gasteiger partial charge in [-0.05, 0) is 60.9 Å². The molecule has 0 radical (unpaired) electrons. The van der Waals surface area contributed by atoms with Gasteiger partial charge in [0.1, 0.15) is 12.6 Å². The van der Waals surface area contributed by atoms with E-state index in [1.54, 1.807) is 42.5 Å². The number of amides is 2. The van der Waals surface area contributed by atoms with Crippen molar-refractivity contribution >= 4 is 55.1 Å². The van der Waals surface area contributed by atoms with Gasteiger partial charge in [-0.2, -0.15) is 0 Å². The molecule has 2 amide bonds. The van der Waals surface area contributed by atoms with Gasteiger partial charge in [0.2, 0.25) is 21.8 Å². The third-order valence-corrected chi connectivity index (χ3v) is 8.21. The van der Waals surface area contributed by atoms with Gasteiger partial charge in [0.15, 0.2) is 0 Å². The molecule has 0 aromatic heterocycles. The van der Waals surface area contributed by atoms with Gasteiger partial charge in [-0.15, -0.1) is 0 Å². The Bertz CT molecular complexity index is 1370. The van der Waals surface area contributed by atoms with Gasteiger partial charge in [-0.3, -0.25) is 13.9 Å². The summed E-state index contributed by atoms with van der Waals surface area (Å²) in [4.78, 5) is 29.1. The lowest BCUT2D eigenvalue weighted by Crippen LogP contribution is -2.54. The van der Waals surface area contributed by atoms with E-state index in [1.165, 1.54) is 4.90 Å². The summed E-state index contributed by atoms with van der Waals surface area (Å²) in [6.45, 7) is 3.47. The van der Waals surface area contributed by atoms with Gasteiger partial charge < -0.3 is 10.2 Å². The van der Waals surface area contributed by atoms with Crippen molar-refractivity contribution in [2.75, 3.05) is 17.1 Å².